The summed E-state index contributed by atoms with van der Waals surface area (Å²) in [6, 6.07) is 0. The number of ether oxygens (including phenoxy) is 3. The molecule has 0 aromatic rings. The molecule has 0 N–H and O–H groups in total. The molecule has 0 fully saturated rings. The molecular formula is C55H107NO6. The zero-order valence-corrected chi connectivity index (χ0v) is 43.1. The number of carbonyl (C=O) groups excluding carboxylic acids is 3. The van der Waals surface area contributed by atoms with E-state index in [0.29, 0.717) is 19.6 Å². The molecule has 0 saturated carbocycles. The van der Waals surface area contributed by atoms with E-state index in [4.69, 9.17) is 14.2 Å². The van der Waals surface area contributed by atoms with Crippen LogP contribution in [0.2, 0.25) is 0 Å². The molecule has 0 saturated heterocycles. The van der Waals surface area contributed by atoms with Crippen molar-refractivity contribution in [2.75, 3.05) is 33.9 Å². The first kappa shape index (κ1) is 60.4. The molecule has 0 aliphatic carbocycles. The van der Waals surface area contributed by atoms with E-state index in [-0.39, 0.29) is 24.0 Å². The summed E-state index contributed by atoms with van der Waals surface area (Å²) in [6.07, 6.45) is 41.1. The van der Waals surface area contributed by atoms with E-state index in [0.717, 1.165) is 102 Å². The molecule has 0 spiro atoms. The van der Waals surface area contributed by atoms with E-state index in [1.807, 2.05) is 41.8 Å². The van der Waals surface area contributed by atoms with Crippen molar-refractivity contribution in [3.8, 4) is 0 Å². The normalized spacial score (nSPS) is 13.1. The smallest absolute Gasteiger partial charge is 0.311 e. The Morgan fingerprint density at radius 3 is 1.24 bits per heavy atom. The van der Waals surface area contributed by atoms with Gasteiger partial charge in [0.15, 0.2) is 0 Å². The summed E-state index contributed by atoms with van der Waals surface area (Å²) in [5.74, 6) is 0.517. The molecule has 368 valence electrons. The van der Waals surface area contributed by atoms with Gasteiger partial charge < -0.3 is 19.1 Å². The van der Waals surface area contributed by atoms with E-state index in [2.05, 4.69) is 25.7 Å². The molecule has 2 unspecified atom stereocenters. The summed E-state index contributed by atoms with van der Waals surface area (Å²) in [6.45, 7) is 16.8. The summed E-state index contributed by atoms with van der Waals surface area (Å²) in [5.41, 5.74) is -0.982. The van der Waals surface area contributed by atoms with E-state index >= 15 is 0 Å². The molecule has 0 radical (unpaired) electrons. The van der Waals surface area contributed by atoms with Crippen LogP contribution in [0.1, 0.15) is 280 Å². The highest BCUT2D eigenvalue weighted by Crippen LogP contribution is 2.29. The van der Waals surface area contributed by atoms with Gasteiger partial charge in [0.2, 0.25) is 0 Å². The number of hydrogen-bond acceptors (Lipinski definition) is 7. The van der Waals surface area contributed by atoms with Crippen molar-refractivity contribution >= 4 is 17.9 Å². The van der Waals surface area contributed by atoms with Crippen molar-refractivity contribution in [3.63, 3.8) is 0 Å². The molecule has 62 heavy (non-hydrogen) atoms. The van der Waals surface area contributed by atoms with Gasteiger partial charge in [-0.3, -0.25) is 14.4 Å². The third-order valence-corrected chi connectivity index (χ3v) is 13.2. The summed E-state index contributed by atoms with van der Waals surface area (Å²) >= 11 is 0. The predicted octanol–water partition coefficient (Wildman–Crippen LogP) is 16.3. The Morgan fingerprint density at radius 1 is 0.435 bits per heavy atom. The molecule has 0 bridgehead atoms. The second-order valence-corrected chi connectivity index (χ2v) is 20.9. The van der Waals surface area contributed by atoms with Gasteiger partial charge in [0.25, 0.3) is 0 Å². The van der Waals surface area contributed by atoms with Gasteiger partial charge >= 0.3 is 17.9 Å². The number of unbranched alkanes of at least 4 members (excludes halogenated alkanes) is 21. The summed E-state index contributed by atoms with van der Waals surface area (Å²) in [7, 11) is 4.05. The fourth-order valence-corrected chi connectivity index (χ4v) is 8.67. The number of esters is 3. The second kappa shape index (κ2) is 40.8. The van der Waals surface area contributed by atoms with E-state index in [9.17, 15) is 14.4 Å². The van der Waals surface area contributed by atoms with Crippen LogP contribution in [0.4, 0.5) is 0 Å². The molecule has 0 amide bonds. The molecule has 0 rings (SSSR count). The molecule has 7 heteroatoms. The fraction of sp³-hybridized carbons (Fsp3) is 0.945. The van der Waals surface area contributed by atoms with Gasteiger partial charge in [0.05, 0.1) is 24.0 Å². The first-order valence-corrected chi connectivity index (χ1v) is 27.0. The summed E-state index contributed by atoms with van der Waals surface area (Å²) in [4.78, 5) is 41.0. The Bertz CT molecular complexity index is 1040. The lowest BCUT2D eigenvalue weighted by Crippen LogP contribution is -2.27. The first-order valence-electron chi connectivity index (χ1n) is 27.0. The van der Waals surface area contributed by atoms with E-state index in [1.54, 1.807) is 0 Å². The molecule has 0 aromatic heterocycles. The quantitative estimate of drug-likeness (QED) is 0.0342. The van der Waals surface area contributed by atoms with Crippen molar-refractivity contribution in [1.82, 2.24) is 4.90 Å². The number of nitrogens with zero attached hydrogens (tertiary/aromatic N) is 1. The van der Waals surface area contributed by atoms with Gasteiger partial charge in [-0.05, 0) is 118 Å². The Kier molecular flexibility index (Phi) is 39.8. The van der Waals surface area contributed by atoms with Crippen molar-refractivity contribution in [2.45, 2.75) is 286 Å². The average molecular weight is 878 g/mol. The van der Waals surface area contributed by atoms with Crippen LogP contribution in [0.5, 0.6) is 0 Å². The summed E-state index contributed by atoms with van der Waals surface area (Å²) < 4.78 is 17.6. The Balaban J connectivity index is 4.65. The minimum Gasteiger partial charge on any atom is -0.465 e. The van der Waals surface area contributed by atoms with Crippen LogP contribution in [0, 0.1) is 16.7 Å². The maximum atomic E-state index is 13.2. The van der Waals surface area contributed by atoms with Gasteiger partial charge in [-0.2, -0.15) is 0 Å². The largest absolute Gasteiger partial charge is 0.465 e. The highest BCUT2D eigenvalue weighted by molar-refractivity contribution is 5.76. The number of hydrogen-bond donors (Lipinski definition) is 0. The van der Waals surface area contributed by atoms with Crippen LogP contribution in [-0.2, 0) is 28.6 Å². The Labute approximate surface area is 386 Å². The van der Waals surface area contributed by atoms with Crippen molar-refractivity contribution in [2.24, 2.45) is 16.7 Å². The molecule has 7 nitrogen and oxygen atoms in total. The van der Waals surface area contributed by atoms with Crippen LogP contribution in [-0.4, -0.2) is 62.8 Å². The van der Waals surface area contributed by atoms with Gasteiger partial charge in [-0.25, -0.2) is 0 Å². The predicted molar refractivity (Wildman–Crippen MR) is 265 cm³/mol. The number of carbonyl (C=O) groups is 3. The lowest BCUT2D eigenvalue weighted by Gasteiger charge is -2.24. The molecular weight excluding hydrogens is 771 g/mol. The van der Waals surface area contributed by atoms with Gasteiger partial charge in [-0.1, -0.05) is 181 Å². The summed E-state index contributed by atoms with van der Waals surface area (Å²) in [5, 5.41) is 0. The van der Waals surface area contributed by atoms with Crippen LogP contribution >= 0.6 is 0 Å². The zero-order chi connectivity index (χ0) is 46.2. The van der Waals surface area contributed by atoms with Gasteiger partial charge in [0, 0.05) is 6.42 Å². The number of rotatable bonds is 46. The standard InChI is InChI=1S/C55H107NO6/c1-10-13-16-19-21-22-23-24-26-35-47-60-52(58)54(4,5)44-33-27-31-41-50(62-51(57)43-36-46-56(8)9)42-32-28-34-45-55(6,7)53(59)61-48-37-40-49(38-29-18-15-12-3)39-30-25-20-17-14-11-2/h49-50H,10-48H2,1-9H3. The molecule has 0 aromatic carbocycles. The molecule has 2 atom stereocenters. The van der Waals surface area contributed by atoms with Crippen molar-refractivity contribution < 1.29 is 28.6 Å². The maximum absolute atomic E-state index is 13.2. The topological polar surface area (TPSA) is 82.1 Å². The zero-order valence-electron chi connectivity index (χ0n) is 43.1. The van der Waals surface area contributed by atoms with Gasteiger partial charge in [-0.15, -0.1) is 0 Å². The van der Waals surface area contributed by atoms with Crippen LogP contribution in [0.25, 0.3) is 0 Å². The fourth-order valence-electron chi connectivity index (χ4n) is 8.67. The van der Waals surface area contributed by atoms with E-state index < -0.39 is 10.8 Å². The maximum Gasteiger partial charge on any atom is 0.311 e. The lowest BCUT2D eigenvalue weighted by molar-refractivity contribution is -0.155. The van der Waals surface area contributed by atoms with Crippen molar-refractivity contribution in [1.29, 1.82) is 0 Å². The average Bonchev–Trinajstić information content (AvgIpc) is 3.23. The molecule has 0 aliphatic rings. The van der Waals surface area contributed by atoms with Crippen LogP contribution < -0.4 is 0 Å². The monoisotopic (exact) mass is 878 g/mol. The minimum absolute atomic E-state index is 0.0667. The minimum atomic E-state index is -0.497. The highest BCUT2D eigenvalue weighted by atomic mass is 16.5. The Hall–Kier alpha value is -1.63. The van der Waals surface area contributed by atoms with E-state index in [1.165, 1.54) is 135 Å². The van der Waals surface area contributed by atoms with Gasteiger partial charge in [0.1, 0.15) is 6.10 Å². The lowest BCUT2D eigenvalue weighted by atomic mass is 9.86. The van der Waals surface area contributed by atoms with Crippen molar-refractivity contribution in [3.05, 3.63) is 0 Å². The third-order valence-electron chi connectivity index (χ3n) is 13.2. The SMILES string of the molecule is CCCCCCCCCCCCOC(=O)C(C)(C)CCCCCC(CCCCCC(C)(C)C(=O)OCCCC(CCCCCC)CCCCCCCC)OC(=O)CCCN(C)C. The first-order chi connectivity index (χ1) is 29.8. The molecule has 0 heterocycles. The Morgan fingerprint density at radius 2 is 0.790 bits per heavy atom. The highest BCUT2D eigenvalue weighted by Gasteiger charge is 2.30. The van der Waals surface area contributed by atoms with Crippen LogP contribution in [0.15, 0.2) is 0 Å². The van der Waals surface area contributed by atoms with Crippen LogP contribution in [0.3, 0.4) is 0 Å². The second-order valence-electron chi connectivity index (χ2n) is 20.9. The molecule has 0 aliphatic heterocycles. The third kappa shape index (κ3) is 36.7.